The molecule has 0 aliphatic rings. The lowest BCUT2D eigenvalue weighted by atomic mass is 10.3. The molecule has 0 bridgehead atoms. The average Bonchev–Trinajstić information content (AvgIpc) is 2.18. The van der Waals surface area contributed by atoms with Crippen molar-refractivity contribution in [3.63, 3.8) is 0 Å². The fourth-order valence-corrected chi connectivity index (χ4v) is 1.38. The van der Waals surface area contributed by atoms with Crippen molar-refractivity contribution in [1.29, 1.82) is 0 Å². The lowest BCUT2D eigenvalue weighted by molar-refractivity contribution is 1.18. The van der Waals surface area contributed by atoms with Crippen molar-refractivity contribution in [2.45, 2.75) is 13.3 Å². The van der Waals surface area contributed by atoms with E-state index in [1.807, 2.05) is 12.4 Å². The molecule has 0 amide bonds. The molecule has 0 unspecified atom stereocenters. The zero-order valence-corrected chi connectivity index (χ0v) is 6.11. The second-order valence-electron chi connectivity index (χ2n) is 1.80. The Kier molecular flexibility index (Phi) is 2.01. The van der Waals surface area contributed by atoms with Crippen LogP contribution in [0.4, 0.5) is 0 Å². The molecule has 0 N–H and O–H groups in total. The first-order valence-electron chi connectivity index (χ1n) is 2.77. The molecule has 0 fully saturated rings. The van der Waals surface area contributed by atoms with Gasteiger partial charge in [0.25, 0.3) is 0 Å². The van der Waals surface area contributed by atoms with Gasteiger partial charge in [-0.05, 0) is 6.92 Å². The second-order valence-corrected chi connectivity index (χ2v) is 2.74. The maximum absolute atomic E-state index is 5.24. The Labute approximate surface area is 59.1 Å². The first-order valence-corrected chi connectivity index (χ1v) is 3.65. The van der Waals surface area contributed by atoms with E-state index < -0.39 is 0 Å². The van der Waals surface area contributed by atoms with Crippen LogP contribution in [-0.4, -0.2) is 4.98 Å². The number of rotatable bonds is 2. The summed E-state index contributed by atoms with van der Waals surface area (Å²) in [6.45, 7) is 7.24. The van der Waals surface area contributed by atoms with Gasteiger partial charge in [-0.15, -0.1) is 11.3 Å². The molecule has 0 aromatic carbocycles. The van der Waals surface area contributed by atoms with Crippen molar-refractivity contribution in [1.82, 2.24) is 4.98 Å². The summed E-state index contributed by atoms with van der Waals surface area (Å²) in [5.74, 6) is 0. The normalized spacial score (nSPS) is 9.44. The largest absolute Gasteiger partial charge is 0.250 e. The van der Waals surface area contributed by atoms with Gasteiger partial charge in [-0.2, -0.15) is 0 Å². The van der Waals surface area contributed by atoms with E-state index in [4.69, 9.17) is 6.58 Å². The van der Waals surface area contributed by atoms with Crippen LogP contribution in [0.3, 0.4) is 0 Å². The molecular weight excluding hydrogens is 130 g/mol. The summed E-state index contributed by atoms with van der Waals surface area (Å²) in [4.78, 5) is 5.34. The van der Waals surface area contributed by atoms with E-state index in [9.17, 15) is 0 Å². The lowest BCUT2D eigenvalue weighted by Crippen LogP contribution is -1.78. The van der Waals surface area contributed by atoms with E-state index in [1.165, 1.54) is 4.88 Å². The van der Waals surface area contributed by atoms with Crippen LogP contribution in [0.1, 0.15) is 10.6 Å². The highest BCUT2D eigenvalue weighted by Crippen LogP contribution is 2.12. The van der Waals surface area contributed by atoms with Gasteiger partial charge in [0, 0.05) is 11.3 Å². The highest BCUT2D eigenvalue weighted by atomic mass is 32.1. The molecule has 47 valence electrons. The Morgan fingerprint density at radius 1 is 1.89 bits per heavy atom. The number of hydrogen-bond acceptors (Lipinski definition) is 2. The second kappa shape index (κ2) is 2.78. The fraction of sp³-hybridized carbons (Fsp3) is 0.286. The number of allylic oxidation sites excluding steroid dienone is 1. The molecule has 0 atom stereocenters. The smallest absolute Gasteiger partial charge is 0.0797 e. The first kappa shape index (κ1) is 6.49. The van der Waals surface area contributed by atoms with Crippen LogP contribution in [0.2, 0.25) is 0 Å². The van der Waals surface area contributed by atoms with Gasteiger partial charge in [0.1, 0.15) is 0 Å². The van der Waals surface area contributed by atoms with E-state index >= 15 is 0 Å². The Morgan fingerprint density at radius 3 is 3.11 bits per heavy atom. The Balaban J connectivity index is 2.80. The quantitative estimate of drug-likeness (QED) is 0.609. The van der Waals surface area contributed by atoms with Crippen LogP contribution < -0.4 is 0 Å². The molecule has 1 aromatic rings. The Bertz CT molecular complexity index is 202. The first-order chi connectivity index (χ1) is 4.34. The molecule has 1 heterocycles. The third-order valence-corrected chi connectivity index (χ3v) is 2.11. The Hall–Kier alpha value is -0.630. The van der Waals surface area contributed by atoms with Crippen LogP contribution >= 0.6 is 11.3 Å². The predicted octanol–water partition coefficient (Wildman–Crippen LogP) is 1.98. The van der Waals surface area contributed by atoms with Crippen LogP contribution in [0.5, 0.6) is 0 Å². The molecule has 0 aliphatic heterocycles. The van der Waals surface area contributed by atoms with Crippen molar-refractivity contribution < 1.29 is 0 Å². The minimum atomic E-state index is 0.844. The van der Waals surface area contributed by atoms with Crippen molar-refractivity contribution in [3.05, 3.63) is 28.7 Å². The maximum Gasteiger partial charge on any atom is 0.0797 e. The molecule has 0 aliphatic carbocycles. The average molecular weight is 138 g/mol. The van der Waals surface area contributed by atoms with E-state index in [2.05, 4.69) is 4.98 Å². The minimum Gasteiger partial charge on any atom is -0.250 e. The van der Waals surface area contributed by atoms with Crippen molar-refractivity contribution in [2.24, 2.45) is 0 Å². The van der Waals surface area contributed by atoms with Crippen LogP contribution in [0, 0.1) is 13.5 Å². The van der Waals surface area contributed by atoms with Gasteiger partial charge in [0.15, 0.2) is 0 Å². The van der Waals surface area contributed by atoms with Crippen LogP contribution in [-0.2, 0) is 6.42 Å². The van der Waals surface area contributed by atoms with Crippen LogP contribution in [0.25, 0.3) is 0 Å². The molecule has 1 rings (SSSR count). The van der Waals surface area contributed by atoms with E-state index in [0.717, 1.165) is 12.1 Å². The molecule has 0 saturated heterocycles. The maximum atomic E-state index is 5.24. The number of hydrogen-bond donors (Lipinski definition) is 0. The van der Waals surface area contributed by atoms with Gasteiger partial charge in [-0.25, -0.2) is 4.98 Å². The summed E-state index contributed by atoms with van der Waals surface area (Å²) in [6, 6.07) is 0. The van der Waals surface area contributed by atoms with E-state index in [0.29, 0.717) is 0 Å². The number of aryl methyl sites for hydroxylation is 1. The molecule has 1 nitrogen and oxygen atoms in total. The van der Waals surface area contributed by atoms with Gasteiger partial charge < -0.3 is 0 Å². The fourth-order valence-electron chi connectivity index (χ4n) is 0.629. The zero-order chi connectivity index (χ0) is 6.69. The van der Waals surface area contributed by atoms with Gasteiger partial charge in [-0.3, -0.25) is 0 Å². The highest BCUT2D eigenvalue weighted by molar-refractivity contribution is 7.09. The number of thiazole rings is 1. The minimum absolute atomic E-state index is 0.844. The molecule has 1 aromatic heterocycles. The monoisotopic (exact) mass is 138 g/mol. The molecule has 0 saturated carbocycles. The third-order valence-electron chi connectivity index (χ3n) is 1.15. The summed E-state index contributed by atoms with van der Waals surface area (Å²) in [6.07, 6.45) is 2.50. The number of nitrogens with zero attached hydrogens (tertiary/aromatic N) is 1. The zero-order valence-electron chi connectivity index (χ0n) is 5.29. The van der Waals surface area contributed by atoms with E-state index in [1.54, 1.807) is 17.4 Å². The van der Waals surface area contributed by atoms with Crippen molar-refractivity contribution >= 4 is 11.3 Å². The van der Waals surface area contributed by atoms with Crippen molar-refractivity contribution in [3.8, 4) is 0 Å². The van der Waals surface area contributed by atoms with Gasteiger partial charge in [0.05, 0.1) is 11.2 Å². The molecule has 0 spiro atoms. The summed E-state index contributed by atoms with van der Waals surface area (Å²) < 4.78 is 0. The summed E-state index contributed by atoms with van der Waals surface area (Å²) in [5.41, 5.74) is 2.94. The van der Waals surface area contributed by atoms with Crippen LogP contribution in [0.15, 0.2) is 11.6 Å². The van der Waals surface area contributed by atoms with Gasteiger partial charge in [-0.1, -0.05) is 12.7 Å². The topological polar surface area (TPSA) is 12.9 Å². The van der Waals surface area contributed by atoms with Gasteiger partial charge >= 0.3 is 0 Å². The molecule has 9 heavy (non-hydrogen) atoms. The standard InChI is InChI=1S/C7H8NS/c1-3-4-7-6(2)8-5-9-7/h1,3,5H,4H2,2H3. The van der Waals surface area contributed by atoms with E-state index in [-0.39, 0.29) is 0 Å². The predicted molar refractivity (Wildman–Crippen MR) is 39.4 cm³/mol. The Morgan fingerprint density at radius 2 is 2.67 bits per heavy atom. The lowest BCUT2D eigenvalue weighted by Gasteiger charge is -1.87. The molecule has 2 heteroatoms. The summed E-state index contributed by atoms with van der Waals surface area (Å²) in [5, 5.41) is 0. The third kappa shape index (κ3) is 1.39. The molecular formula is C7H8NS. The summed E-state index contributed by atoms with van der Waals surface area (Å²) in [7, 11) is 0. The summed E-state index contributed by atoms with van der Waals surface area (Å²) >= 11 is 1.65. The number of aromatic nitrogens is 1. The SMILES string of the molecule is [CH]=CCc1scnc1C. The van der Waals surface area contributed by atoms with Crippen molar-refractivity contribution in [2.75, 3.05) is 0 Å². The van der Waals surface area contributed by atoms with Gasteiger partial charge in [0.2, 0.25) is 0 Å². The highest BCUT2D eigenvalue weighted by Gasteiger charge is 1.95. The molecule has 1 radical (unpaired) electrons.